The van der Waals surface area contributed by atoms with Crippen LogP contribution in [0.25, 0.3) is 0 Å². The highest BCUT2D eigenvalue weighted by atomic mass is 35.5. The van der Waals surface area contributed by atoms with Gasteiger partial charge < -0.3 is 9.64 Å². The predicted octanol–water partition coefficient (Wildman–Crippen LogP) is 3.09. The van der Waals surface area contributed by atoms with E-state index in [0.29, 0.717) is 34.1 Å². The van der Waals surface area contributed by atoms with Crippen molar-refractivity contribution in [2.75, 3.05) is 13.2 Å². The number of nitrogens with zero attached hydrogens (tertiary/aromatic N) is 2. The summed E-state index contributed by atoms with van der Waals surface area (Å²) < 4.78 is 5.00. The second-order valence-electron chi connectivity index (χ2n) is 5.35. The van der Waals surface area contributed by atoms with Gasteiger partial charge in [-0.25, -0.2) is 4.79 Å². The molecule has 0 atom stereocenters. The molecule has 0 saturated carbocycles. The molecular formula is C16H15Cl2N3O3. The van der Waals surface area contributed by atoms with Crippen LogP contribution in [0.4, 0.5) is 0 Å². The second-order valence-corrected chi connectivity index (χ2v) is 6.19. The average Bonchev–Trinajstić information content (AvgIpc) is 2.97. The Morgan fingerprint density at radius 1 is 1.38 bits per heavy atom. The first-order valence-corrected chi connectivity index (χ1v) is 8.24. The molecule has 0 radical (unpaired) electrons. The molecule has 2 heterocycles. The fourth-order valence-electron chi connectivity index (χ4n) is 2.67. The fraction of sp³-hybridized carbons (Fsp3) is 0.312. The lowest BCUT2D eigenvalue weighted by atomic mass is 10.0. The minimum Gasteiger partial charge on any atom is -0.461 e. The minimum absolute atomic E-state index is 0.210. The number of esters is 1. The summed E-state index contributed by atoms with van der Waals surface area (Å²) in [5, 5.41) is 7.65. The standard InChI is InChI=1S/C16H15Cl2N3O3/c1-2-24-16(23)14-11-8-21(6-5-13(11)19-20-14)15(22)10-4-3-9(17)7-12(10)18/h3-4,7H,2,5-6,8H2,1H3,(H,19,20). The molecule has 0 fully saturated rings. The fourth-order valence-corrected chi connectivity index (χ4v) is 3.16. The highest BCUT2D eigenvalue weighted by Gasteiger charge is 2.29. The molecule has 3 rings (SSSR count). The number of hydrogen-bond donors (Lipinski definition) is 1. The van der Waals surface area contributed by atoms with E-state index in [1.165, 1.54) is 6.07 Å². The van der Waals surface area contributed by atoms with Gasteiger partial charge >= 0.3 is 5.97 Å². The Morgan fingerprint density at radius 2 is 2.17 bits per heavy atom. The van der Waals surface area contributed by atoms with E-state index in [9.17, 15) is 9.59 Å². The number of fused-ring (bicyclic) bond motifs is 1. The Bertz CT molecular complexity index is 804. The van der Waals surface area contributed by atoms with Crippen LogP contribution in [-0.2, 0) is 17.7 Å². The highest BCUT2D eigenvalue weighted by Crippen LogP contribution is 2.26. The van der Waals surface area contributed by atoms with E-state index in [4.69, 9.17) is 27.9 Å². The molecule has 126 valence electrons. The smallest absolute Gasteiger partial charge is 0.359 e. The van der Waals surface area contributed by atoms with Crippen LogP contribution in [-0.4, -0.2) is 40.1 Å². The molecule has 1 amide bonds. The van der Waals surface area contributed by atoms with Crippen molar-refractivity contribution >= 4 is 35.1 Å². The maximum atomic E-state index is 12.7. The summed E-state index contributed by atoms with van der Waals surface area (Å²) in [6, 6.07) is 4.76. The lowest BCUT2D eigenvalue weighted by Gasteiger charge is -2.27. The summed E-state index contributed by atoms with van der Waals surface area (Å²) in [4.78, 5) is 26.3. The van der Waals surface area contributed by atoms with Gasteiger partial charge in [-0.1, -0.05) is 23.2 Å². The lowest BCUT2D eigenvalue weighted by molar-refractivity contribution is 0.0513. The monoisotopic (exact) mass is 367 g/mol. The summed E-state index contributed by atoms with van der Waals surface area (Å²) in [5.74, 6) is -0.702. The number of H-pyrrole nitrogens is 1. The number of hydrogen-bond acceptors (Lipinski definition) is 4. The molecule has 2 aromatic rings. The number of carbonyl (C=O) groups is 2. The van der Waals surface area contributed by atoms with Crippen molar-refractivity contribution in [3.05, 3.63) is 50.8 Å². The molecule has 1 aromatic carbocycles. The number of aromatic nitrogens is 2. The summed E-state index contributed by atoms with van der Waals surface area (Å²) in [7, 11) is 0. The molecule has 1 aliphatic rings. The zero-order valence-corrected chi connectivity index (χ0v) is 14.4. The summed E-state index contributed by atoms with van der Waals surface area (Å²) in [6.45, 7) is 2.78. The Kier molecular flexibility index (Phi) is 4.78. The number of aromatic amines is 1. The van der Waals surface area contributed by atoms with Crippen LogP contribution in [0.1, 0.15) is 39.0 Å². The van der Waals surface area contributed by atoms with Crippen LogP contribution in [0, 0.1) is 0 Å². The number of nitrogens with one attached hydrogen (secondary N) is 1. The van der Waals surface area contributed by atoms with Gasteiger partial charge in [0.05, 0.1) is 23.7 Å². The van der Waals surface area contributed by atoms with Crippen molar-refractivity contribution in [2.45, 2.75) is 19.9 Å². The molecule has 8 heteroatoms. The number of carbonyl (C=O) groups excluding carboxylic acids is 2. The van der Waals surface area contributed by atoms with Gasteiger partial charge in [-0.2, -0.15) is 5.10 Å². The zero-order chi connectivity index (χ0) is 17.3. The Morgan fingerprint density at radius 3 is 2.88 bits per heavy atom. The molecule has 1 N–H and O–H groups in total. The average molecular weight is 368 g/mol. The Labute approximate surface area is 148 Å². The van der Waals surface area contributed by atoms with E-state index in [-0.39, 0.29) is 24.8 Å². The zero-order valence-electron chi connectivity index (χ0n) is 12.9. The van der Waals surface area contributed by atoms with E-state index in [0.717, 1.165) is 5.69 Å². The number of benzene rings is 1. The molecule has 0 spiro atoms. The molecule has 1 aromatic heterocycles. The van der Waals surface area contributed by atoms with E-state index in [2.05, 4.69) is 10.2 Å². The Hall–Kier alpha value is -2.05. The Balaban J connectivity index is 1.85. The third-order valence-electron chi connectivity index (χ3n) is 3.85. The van der Waals surface area contributed by atoms with Crippen molar-refractivity contribution in [3.8, 4) is 0 Å². The lowest BCUT2D eigenvalue weighted by Crippen LogP contribution is -2.36. The van der Waals surface area contributed by atoms with Crippen LogP contribution < -0.4 is 0 Å². The van der Waals surface area contributed by atoms with E-state index in [1.54, 1.807) is 24.0 Å². The van der Waals surface area contributed by atoms with Gasteiger partial charge in [0.15, 0.2) is 5.69 Å². The summed E-state index contributed by atoms with van der Waals surface area (Å²) in [6.07, 6.45) is 0.582. The largest absolute Gasteiger partial charge is 0.461 e. The quantitative estimate of drug-likeness (QED) is 0.845. The van der Waals surface area contributed by atoms with E-state index < -0.39 is 5.97 Å². The third-order valence-corrected chi connectivity index (χ3v) is 4.40. The topological polar surface area (TPSA) is 75.3 Å². The molecule has 0 saturated heterocycles. The number of halogens is 2. The first kappa shape index (κ1) is 16.8. The van der Waals surface area contributed by atoms with E-state index >= 15 is 0 Å². The number of rotatable bonds is 3. The van der Waals surface area contributed by atoms with Crippen molar-refractivity contribution in [1.82, 2.24) is 15.1 Å². The maximum absolute atomic E-state index is 12.7. The van der Waals surface area contributed by atoms with Gasteiger partial charge in [0.1, 0.15) is 0 Å². The van der Waals surface area contributed by atoms with Crippen LogP contribution in [0.5, 0.6) is 0 Å². The predicted molar refractivity (Wildman–Crippen MR) is 89.5 cm³/mol. The number of amides is 1. The summed E-state index contributed by atoms with van der Waals surface area (Å²) in [5.41, 5.74) is 2.15. The molecule has 24 heavy (non-hydrogen) atoms. The molecule has 0 bridgehead atoms. The molecule has 6 nitrogen and oxygen atoms in total. The summed E-state index contributed by atoms with van der Waals surface area (Å²) >= 11 is 12.0. The van der Waals surface area contributed by atoms with Crippen molar-refractivity contribution in [1.29, 1.82) is 0 Å². The second kappa shape index (κ2) is 6.83. The van der Waals surface area contributed by atoms with E-state index in [1.807, 2.05) is 0 Å². The van der Waals surface area contributed by atoms with Crippen LogP contribution in [0.2, 0.25) is 10.0 Å². The van der Waals surface area contributed by atoms with Gasteiger partial charge in [0.2, 0.25) is 0 Å². The third kappa shape index (κ3) is 3.12. The van der Waals surface area contributed by atoms with Crippen LogP contribution >= 0.6 is 23.2 Å². The SMILES string of the molecule is CCOC(=O)c1n[nH]c2c1CN(C(=O)c1ccc(Cl)cc1Cl)CC2. The van der Waals surface area contributed by atoms with Gasteiger partial charge in [-0.05, 0) is 25.1 Å². The van der Waals surface area contributed by atoms with Gasteiger partial charge in [-0.15, -0.1) is 0 Å². The van der Waals surface area contributed by atoms with Crippen molar-refractivity contribution < 1.29 is 14.3 Å². The first-order chi connectivity index (χ1) is 11.5. The first-order valence-electron chi connectivity index (χ1n) is 7.48. The highest BCUT2D eigenvalue weighted by molar-refractivity contribution is 6.36. The normalized spacial score (nSPS) is 13.5. The van der Waals surface area contributed by atoms with Crippen molar-refractivity contribution in [3.63, 3.8) is 0 Å². The van der Waals surface area contributed by atoms with Crippen LogP contribution in [0.3, 0.4) is 0 Å². The molecule has 0 aliphatic carbocycles. The minimum atomic E-state index is -0.492. The van der Waals surface area contributed by atoms with Gasteiger partial charge in [-0.3, -0.25) is 9.89 Å². The maximum Gasteiger partial charge on any atom is 0.359 e. The van der Waals surface area contributed by atoms with Crippen LogP contribution in [0.15, 0.2) is 18.2 Å². The number of ether oxygens (including phenoxy) is 1. The molecular weight excluding hydrogens is 353 g/mol. The molecule has 0 unspecified atom stereocenters. The van der Waals surface area contributed by atoms with Gasteiger partial charge in [0.25, 0.3) is 5.91 Å². The van der Waals surface area contributed by atoms with Gasteiger partial charge in [0, 0.05) is 29.2 Å². The van der Waals surface area contributed by atoms with Crippen molar-refractivity contribution in [2.24, 2.45) is 0 Å². The molecule has 1 aliphatic heterocycles.